The average Bonchev–Trinajstić information content (AvgIpc) is 3.31. The largest absolute Gasteiger partial charge is 0.574 e. The lowest BCUT2D eigenvalue weighted by Crippen LogP contribution is -2.18. The standard InChI is InChI=1S/C19H18F3N5O3S/c1-23-31(28,29)13-5-6-15(14(9-13)16-11-27-8-2-3-17(27)26-16)25-12-4-7-18(24-10-12)30-19(20,21)22/h4-7,9-11,23,25H,2-3,8H2,1H3. The van der Waals surface area contributed by atoms with Gasteiger partial charge in [-0.05, 0) is 37.7 Å². The lowest BCUT2D eigenvalue weighted by atomic mass is 10.1. The average molecular weight is 453 g/mol. The summed E-state index contributed by atoms with van der Waals surface area (Å²) in [7, 11) is -2.36. The van der Waals surface area contributed by atoms with Crippen LogP contribution in [0.25, 0.3) is 11.3 Å². The van der Waals surface area contributed by atoms with Crippen molar-refractivity contribution in [2.45, 2.75) is 30.6 Å². The molecule has 0 fully saturated rings. The third-order valence-electron chi connectivity index (χ3n) is 4.74. The van der Waals surface area contributed by atoms with Crippen molar-refractivity contribution in [2.75, 3.05) is 12.4 Å². The van der Waals surface area contributed by atoms with Gasteiger partial charge < -0.3 is 14.6 Å². The summed E-state index contributed by atoms with van der Waals surface area (Å²) in [5.74, 6) is 0.331. The molecule has 2 aromatic heterocycles. The van der Waals surface area contributed by atoms with E-state index >= 15 is 0 Å². The van der Waals surface area contributed by atoms with Gasteiger partial charge in [-0.2, -0.15) is 0 Å². The van der Waals surface area contributed by atoms with Crippen molar-refractivity contribution in [1.82, 2.24) is 19.3 Å². The van der Waals surface area contributed by atoms with Gasteiger partial charge in [-0.25, -0.2) is 23.1 Å². The number of halogens is 3. The second kappa shape index (κ2) is 7.85. The Labute approximate surface area is 176 Å². The summed E-state index contributed by atoms with van der Waals surface area (Å²) in [4.78, 5) is 8.32. The van der Waals surface area contributed by atoms with E-state index in [1.807, 2.05) is 10.8 Å². The van der Waals surface area contributed by atoms with Crippen LogP contribution in [0.15, 0.2) is 47.6 Å². The second-order valence-electron chi connectivity index (χ2n) is 6.81. The number of rotatable bonds is 6. The van der Waals surface area contributed by atoms with Crippen LogP contribution in [0.4, 0.5) is 24.5 Å². The number of alkyl halides is 3. The van der Waals surface area contributed by atoms with E-state index in [2.05, 4.69) is 24.7 Å². The molecule has 0 atom stereocenters. The van der Waals surface area contributed by atoms with Gasteiger partial charge in [-0.15, -0.1) is 13.2 Å². The van der Waals surface area contributed by atoms with Gasteiger partial charge in [0.15, 0.2) is 0 Å². The van der Waals surface area contributed by atoms with Crippen LogP contribution in [0.1, 0.15) is 12.2 Å². The SMILES string of the molecule is CNS(=O)(=O)c1ccc(Nc2ccc(OC(F)(F)F)nc2)c(-c2cn3c(n2)CCC3)c1. The van der Waals surface area contributed by atoms with Gasteiger partial charge in [0, 0.05) is 36.5 Å². The quantitative estimate of drug-likeness (QED) is 0.593. The number of aryl methyl sites for hydroxylation is 2. The van der Waals surface area contributed by atoms with Crippen molar-refractivity contribution in [3.8, 4) is 17.1 Å². The van der Waals surface area contributed by atoms with Gasteiger partial charge in [-0.3, -0.25) is 0 Å². The number of pyridine rings is 1. The van der Waals surface area contributed by atoms with E-state index in [9.17, 15) is 21.6 Å². The van der Waals surface area contributed by atoms with Crippen LogP contribution in [0.5, 0.6) is 5.88 Å². The number of sulfonamides is 1. The minimum atomic E-state index is -4.83. The maximum Gasteiger partial charge on any atom is 0.574 e. The third kappa shape index (κ3) is 4.64. The predicted octanol–water partition coefficient (Wildman–Crippen LogP) is 3.44. The van der Waals surface area contributed by atoms with Crippen LogP contribution in [-0.2, 0) is 23.0 Å². The van der Waals surface area contributed by atoms with Gasteiger partial charge in [-0.1, -0.05) is 0 Å². The molecule has 3 aromatic rings. The smallest absolute Gasteiger partial charge is 0.388 e. The monoisotopic (exact) mass is 453 g/mol. The number of hydrogen-bond donors (Lipinski definition) is 2. The number of aromatic nitrogens is 3. The second-order valence-corrected chi connectivity index (χ2v) is 8.70. The van der Waals surface area contributed by atoms with Crippen LogP contribution < -0.4 is 14.8 Å². The molecule has 0 amide bonds. The Bertz CT molecular complexity index is 1190. The topological polar surface area (TPSA) is 98.1 Å². The molecule has 12 heteroatoms. The zero-order valence-corrected chi connectivity index (χ0v) is 17.1. The van der Waals surface area contributed by atoms with E-state index in [-0.39, 0.29) is 4.90 Å². The highest BCUT2D eigenvalue weighted by Gasteiger charge is 2.31. The molecule has 1 aliphatic rings. The summed E-state index contributed by atoms with van der Waals surface area (Å²) >= 11 is 0. The molecule has 164 valence electrons. The number of anilines is 2. The lowest BCUT2D eigenvalue weighted by molar-refractivity contribution is -0.276. The van der Waals surface area contributed by atoms with Gasteiger partial charge in [0.2, 0.25) is 15.9 Å². The molecule has 0 radical (unpaired) electrons. The van der Waals surface area contributed by atoms with Crippen molar-refractivity contribution in [2.24, 2.45) is 0 Å². The summed E-state index contributed by atoms with van der Waals surface area (Å²) in [5.41, 5.74) is 2.05. The first-order valence-corrected chi connectivity index (χ1v) is 10.8. The molecule has 0 saturated heterocycles. The van der Waals surface area contributed by atoms with Crippen LogP contribution in [-0.4, -0.2) is 36.4 Å². The molecule has 1 aromatic carbocycles. The zero-order chi connectivity index (χ0) is 22.2. The molecule has 0 unspecified atom stereocenters. The van der Waals surface area contributed by atoms with Crippen LogP contribution in [0.2, 0.25) is 0 Å². The minimum Gasteiger partial charge on any atom is -0.388 e. The van der Waals surface area contributed by atoms with Gasteiger partial charge in [0.05, 0.1) is 22.5 Å². The minimum absolute atomic E-state index is 0.0655. The number of ether oxygens (including phenoxy) is 1. The Morgan fingerprint density at radius 2 is 2.00 bits per heavy atom. The zero-order valence-electron chi connectivity index (χ0n) is 16.3. The van der Waals surface area contributed by atoms with Gasteiger partial charge in [0.25, 0.3) is 0 Å². The summed E-state index contributed by atoms with van der Waals surface area (Å²) in [5, 5.41) is 3.06. The van der Waals surface area contributed by atoms with Crippen molar-refractivity contribution in [1.29, 1.82) is 0 Å². The van der Waals surface area contributed by atoms with Crippen LogP contribution >= 0.6 is 0 Å². The Morgan fingerprint density at radius 1 is 1.19 bits per heavy atom. The van der Waals surface area contributed by atoms with Crippen molar-refractivity contribution in [3.63, 3.8) is 0 Å². The maximum absolute atomic E-state index is 12.3. The molecule has 4 rings (SSSR count). The lowest BCUT2D eigenvalue weighted by Gasteiger charge is -2.13. The highest BCUT2D eigenvalue weighted by molar-refractivity contribution is 7.89. The summed E-state index contributed by atoms with van der Waals surface area (Å²) < 4.78 is 69.6. The van der Waals surface area contributed by atoms with Crippen LogP contribution in [0, 0.1) is 0 Å². The highest BCUT2D eigenvalue weighted by Crippen LogP contribution is 2.33. The molecule has 0 spiro atoms. The number of benzene rings is 1. The van der Waals surface area contributed by atoms with Crippen molar-refractivity contribution in [3.05, 3.63) is 48.5 Å². The number of nitrogens with zero attached hydrogens (tertiary/aromatic N) is 3. The number of hydrogen-bond acceptors (Lipinski definition) is 6. The van der Waals surface area contributed by atoms with E-state index in [1.165, 1.54) is 31.4 Å². The van der Waals surface area contributed by atoms with Gasteiger partial charge >= 0.3 is 6.36 Å². The van der Waals surface area contributed by atoms with Gasteiger partial charge in [0.1, 0.15) is 5.82 Å². The van der Waals surface area contributed by atoms with E-state index in [1.54, 1.807) is 6.07 Å². The molecule has 0 aliphatic carbocycles. The molecule has 0 saturated carbocycles. The fourth-order valence-electron chi connectivity index (χ4n) is 3.30. The van der Waals surface area contributed by atoms with E-state index < -0.39 is 22.3 Å². The summed E-state index contributed by atoms with van der Waals surface area (Å²) in [6.07, 6.45) is 0.0560. The molecule has 31 heavy (non-hydrogen) atoms. The number of imidazole rings is 1. The maximum atomic E-state index is 12.3. The first-order valence-electron chi connectivity index (χ1n) is 9.27. The van der Waals surface area contributed by atoms with E-state index in [4.69, 9.17) is 0 Å². The van der Waals surface area contributed by atoms with Crippen LogP contribution in [0.3, 0.4) is 0 Å². The Balaban J connectivity index is 1.69. The summed E-state index contributed by atoms with van der Waals surface area (Å²) in [6.45, 7) is 0.837. The van der Waals surface area contributed by atoms with E-state index in [0.29, 0.717) is 22.6 Å². The molecule has 1 aliphatic heterocycles. The Morgan fingerprint density at radius 3 is 2.65 bits per heavy atom. The molecule has 2 N–H and O–H groups in total. The molecule has 0 bridgehead atoms. The number of nitrogens with one attached hydrogen (secondary N) is 2. The highest BCUT2D eigenvalue weighted by atomic mass is 32.2. The Kier molecular flexibility index (Phi) is 5.35. The molecule has 3 heterocycles. The third-order valence-corrected chi connectivity index (χ3v) is 6.15. The van der Waals surface area contributed by atoms with Crippen molar-refractivity contribution >= 4 is 21.4 Å². The fourth-order valence-corrected chi connectivity index (χ4v) is 4.06. The first-order chi connectivity index (χ1) is 14.6. The fraction of sp³-hybridized carbons (Fsp3) is 0.263. The predicted molar refractivity (Wildman–Crippen MR) is 106 cm³/mol. The first kappa shape index (κ1) is 21.1. The molecule has 8 nitrogen and oxygen atoms in total. The normalized spacial score (nSPS) is 13.8. The number of fused-ring (bicyclic) bond motifs is 1. The molecular formula is C19H18F3N5O3S. The summed E-state index contributed by atoms with van der Waals surface area (Å²) in [6, 6.07) is 6.96. The molecular weight excluding hydrogens is 435 g/mol. The van der Waals surface area contributed by atoms with E-state index in [0.717, 1.165) is 31.3 Å². The van der Waals surface area contributed by atoms with Crippen molar-refractivity contribution < 1.29 is 26.3 Å². The Hall–Kier alpha value is -3.12.